The number of carbonyl (C=O) groups excluding carboxylic acids is 2. The molecule has 2 amide bonds. The molecule has 0 aliphatic rings. The largest absolute Gasteiger partial charge is 0.357 e. The second-order valence-electron chi connectivity index (χ2n) is 8.72. The molecule has 37 heavy (non-hydrogen) atoms. The van der Waals surface area contributed by atoms with Crippen LogP contribution in [0, 0.1) is 13.8 Å². The molecule has 0 unspecified atom stereocenters. The van der Waals surface area contributed by atoms with Gasteiger partial charge in [0, 0.05) is 18.6 Å². The standard InChI is InChI=1S/C27H29Cl2N3O4S/c1-18-8-11-23(12-9-18)37(35,36)32(25-15-22(28)10-13-24(25)29)17-26(33)31(20(3)27(34)30-4)16-21-7-5-6-19(2)14-21/h5-15,20H,16-17H2,1-4H3,(H,30,34)/t20-/m1/s1. The number of likely N-dealkylation sites (N-methyl/N-ethyl adjacent to an activating group) is 1. The molecule has 1 atom stereocenters. The molecule has 0 aliphatic carbocycles. The zero-order chi connectivity index (χ0) is 27.3. The maximum Gasteiger partial charge on any atom is 0.264 e. The number of carbonyl (C=O) groups is 2. The number of hydrogen-bond acceptors (Lipinski definition) is 4. The van der Waals surface area contributed by atoms with E-state index in [2.05, 4.69) is 5.32 Å². The molecule has 196 valence electrons. The Morgan fingerprint density at radius 3 is 2.24 bits per heavy atom. The Balaban J connectivity index is 2.08. The Labute approximate surface area is 228 Å². The van der Waals surface area contributed by atoms with Crippen molar-refractivity contribution in [1.29, 1.82) is 0 Å². The normalized spacial score (nSPS) is 12.1. The molecule has 3 aromatic rings. The molecule has 1 N–H and O–H groups in total. The predicted octanol–water partition coefficient (Wildman–Crippen LogP) is 4.97. The van der Waals surface area contributed by atoms with Gasteiger partial charge in [-0.1, -0.05) is 70.7 Å². The average molecular weight is 563 g/mol. The molecular formula is C27H29Cl2N3O4S. The van der Waals surface area contributed by atoms with Crippen LogP contribution in [0.2, 0.25) is 10.0 Å². The van der Waals surface area contributed by atoms with Gasteiger partial charge >= 0.3 is 0 Å². The number of hydrogen-bond donors (Lipinski definition) is 1. The maximum atomic E-state index is 13.8. The van der Waals surface area contributed by atoms with E-state index in [1.165, 1.54) is 42.3 Å². The minimum absolute atomic E-state index is 0.00785. The predicted molar refractivity (Wildman–Crippen MR) is 147 cm³/mol. The van der Waals surface area contributed by atoms with E-state index in [4.69, 9.17) is 23.2 Å². The van der Waals surface area contributed by atoms with Gasteiger partial charge in [0.15, 0.2) is 0 Å². The summed E-state index contributed by atoms with van der Waals surface area (Å²) in [5, 5.41) is 2.92. The molecule has 0 saturated heterocycles. The number of nitrogens with one attached hydrogen (secondary N) is 1. The fraction of sp³-hybridized carbons (Fsp3) is 0.259. The van der Waals surface area contributed by atoms with Gasteiger partial charge in [-0.2, -0.15) is 0 Å². The number of rotatable bonds is 9. The first-order valence-corrected chi connectivity index (χ1v) is 13.7. The smallest absolute Gasteiger partial charge is 0.264 e. The summed E-state index contributed by atoms with van der Waals surface area (Å²) < 4.78 is 28.5. The highest BCUT2D eigenvalue weighted by Crippen LogP contribution is 2.33. The van der Waals surface area contributed by atoms with Crippen molar-refractivity contribution >= 4 is 50.7 Å². The summed E-state index contributed by atoms with van der Waals surface area (Å²) in [7, 11) is -2.75. The fourth-order valence-corrected chi connectivity index (χ4v) is 5.69. The Kier molecular flexibility index (Phi) is 9.23. The maximum absolute atomic E-state index is 13.8. The third-order valence-corrected chi connectivity index (χ3v) is 8.24. The number of amides is 2. The SMILES string of the molecule is CNC(=O)[C@@H](C)N(Cc1cccc(C)c1)C(=O)CN(c1cc(Cl)ccc1Cl)S(=O)(=O)c1ccc(C)cc1. The van der Waals surface area contributed by atoms with E-state index in [0.29, 0.717) is 0 Å². The van der Waals surface area contributed by atoms with Crippen molar-refractivity contribution in [3.63, 3.8) is 0 Å². The van der Waals surface area contributed by atoms with Crippen molar-refractivity contribution in [3.05, 3.63) is 93.5 Å². The average Bonchev–Trinajstić information content (AvgIpc) is 2.86. The molecule has 0 spiro atoms. The Hall–Kier alpha value is -3.07. The molecule has 3 aromatic carbocycles. The van der Waals surface area contributed by atoms with Crippen molar-refractivity contribution < 1.29 is 18.0 Å². The van der Waals surface area contributed by atoms with Crippen LogP contribution < -0.4 is 9.62 Å². The first kappa shape index (κ1) is 28.5. The molecule has 3 rings (SSSR count). The molecule has 10 heteroatoms. The first-order valence-electron chi connectivity index (χ1n) is 11.5. The minimum Gasteiger partial charge on any atom is -0.357 e. The topological polar surface area (TPSA) is 86.8 Å². The second kappa shape index (κ2) is 12.0. The Bertz CT molecular complexity index is 1400. The molecular weight excluding hydrogens is 533 g/mol. The summed E-state index contributed by atoms with van der Waals surface area (Å²) in [5.41, 5.74) is 2.74. The lowest BCUT2D eigenvalue weighted by Crippen LogP contribution is -2.50. The lowest BCUT2D eigenvalue weighted by molar-refractivity contribution is -0.139. The third-order valence-electron chi connectivity index (χ3n) is 5.91. The van der Waals surface area contributed by atoms with Crippen LogP contribution in [0.1, 0.15) is 23.6 Å². The van der Waals surface area contributed by atoms with Crippen molar-refractivity contribution in [1.82, 2.24) is 10.2 Å². The summed E-state index contributed by atoms with van der Waals surface area (Å²) >= 11 is 12.6. The number of benzene rings is 3. The fourth-order valence-electron chi connectivity index (χ4n) is 3.83. The van der Waals surface area contributed by atoms with Crippen LogP contribution >= 0.6 is 23.2 Å². The minimum atomic E-state index is -4.23. The first-order chi connectivity index (χ1) is 17.4. The molecule has 0 bridgehead atoms. The molecule has 0 aromatic heterocycles. The third kappa shape index (κ3) is 6.83. The van der Waals surface area contributed by atoms with E-state index in [-0.39, 0.29) is 33.1 Å². The van der Waals surface area contributed by atoms with E-state index in [9.17, 15) is 18.0 Å². The highest BCUT2D eigenvalue weighted by Gasteiger charge is 2.33. The van der Waals surface area contributed by atoms with Gasteiger partial charge in [-0.05, 0) is 56.7 Å². The van der Waals surface area contributed by atoms with Gasteiger partial charge < -0.3 is 10.2 Å². The Morgan fingerprint density at radius 2 is 1.62 bits per heavy atom. The van der Waals surface area contributed by atoms with E-state index < -0.39 is 28.5 Å². The van der Waals surface area contributed by atoms with Crippen LogP contribution in [0.25, 0.3) is 0 Å². The monoisotopic (exact) mass is 561 g/mol. The van der Waals surface area contributed by atoms with Crippen LogP contribution in [0.5, 0.6) is 0 Å². The van der Waals surface area contributed by atoms with Crippen molar-refractivity contribution in [2.24, 2.45) is 0 Å². The van der Waals surface area contributed by atoms with Gasteiger partial charge in [0.25, 0.3) is 10.0 Å². The zero-order valence-corrected chi connectivity index (χ0v) is 23.4. The van der Waals surface area contributed by atoms with Crippen molar-refractivity contribution in [2.75, 3.05) is 17.9 Å². The van der Waals surface area contributed by atoms with Gasteiger partial charge in [-0.3, -0.25) is 13.9 Å². The van der Waals surface area contributed by atoms with E-state index >= 15 is 0 Å². The lowest BCUT2D eigenvalue weighted by Gasteiger charge is -2.32. The summed E-state index contributed by atoms with van der Waals surface area (Å²) in [6.45, 7) is 4.88. The van der Waals surface area contributed by atoms with E-state index in [1.54, 1.807) is 19.1 Å². The van der Waals surface area contributed by atoms with Gasteiger partial charge in [0.2, 0.25) is 11.8 Å². The number of nitrogens with zero attached hydrogens (tertiary/aromatic N) is 2. The van der Waals surface area contributed by atoms with E-state index in [0.717, 1.165) is 21.0 Å². The Morgan fingerprint density at radius 1 is 0.946 bits per heavy atom. The van der Waals surface area contributed by atoms with Crippen LogP contribution in [0.15, 0.2) is 71.6 Å². The summed E-state index contributed by atoms with van der Waals surface area (Å²) in [4.78, 5) is 27.7. The molecule has 0 saturated carbocycles. The van der Waals surface area contributed by atoms with Crippen LogP contribution in [0.3, 0.4) is 0 Å². The van der Waals surface area contributed by atoms with Gasteiger partial charge in [0.05, 0.1) is 15.6 Å². The quantitative estimate of drug-likeness (QED) is 0.399. The number of halogens is 2. The molecule has 0 heterocycles. The number of aryl methyl sites for hydroxylation is 2. The van der Waals surface area contributed by atoms with Gasteiger partial charge in [-0.25, -0.2) is 8.42 Å². The van der Waals surface area contributed by atoms with Crippen molar-refractivity contribution in [3.8, 4) is 0 Å². The van der Waals surface area contributed by atoms with Crippen LogP contribution in [-0.2, 0) is 26.2 Å². The number of anilines is 1. The highest BCUT2D eigenvalue weighted by atomic mass is 35.5. The van der Waals surface area contributed by atoms with Gasteiger partial charge in [-0.15, -0.1) is 0 Å². The number of sulfonamides is 1. The summed E-state index contributed by atoms with van der Waals surface area (Å²) in [6.07, 6.45) is 0. The van der Waals surface area contributed by atoms with E-state index in [1.807, 2.05) is 38.1 Å². The molecule has 0 aliphatic heterocycles. The van der Waals surface area contributed by atoms with Crippen molar-refractivity contribution in [2.45, 2.75) is 38.3 Å². The highest BCUT2D eigenvalue weighted by molar-refractivity contribution is 7.92. The second-order valence-corrected chi connectivity index (χ2v) is 11.4. The molecule has 0 fully saturated rings. The molecule has 7 nitrogen and oxygen atoms in total. The summed E-state index contributed by atoms with van der Waals surface area (Å²) in [6, 6.07) is 17.4. The zero-order valence-electron chi connectivity index (χ0n) is 21.0. The molecule has 0 radical (unpaired) electrons. The van der Waals surface area contributed by atoms with Crippen LogP contribution in [-0.4, -0.2) is 44.8 Å². The summed E-state index contributed by atoms with van der Waals surface area (Å²) in [5.74, 6) is -0.959. The lowest BCUT2D eigenvalue weighted by atomic mass is 10.1. The van der Waals surface area contributed by atoms with Gasteiger partial charge in [0.1, 0.15) is 12.6 Å². The van der Waals surface area contributed by atoms with Crippen LogP contribution in [0.4, 0.5) is 5.69 Å².